The van der Waals surface area contributed by atoms with Crippen LogP contribution in [0, 0.1) is 0 Å². The maximum absolute atomic E-state index is 12.0. The average molecular weight is 141 g/mol. The van der Waals surface area contributed by atoms with Gasteiger partial charge in [-0.2, -0.15) is 0 Å². The van der Waals surface area contributed by atoms with Crippen LogP contribution in [0.5, 0.6) is 0 Å². The number of morpholine rings is 1. The molecule has 3 atom stereocenters. The van der Waals surface area contributed by atoms with E-state index in [9.17, 15) is 13.2 Å². The molecule has 1 fully saturated rings. The first-order valence-electron chi connectivity index (χ1n) is 2.51. The van der Waals surface area contributed by atoms with E-state index >= 15 is 0 Å². The lowest BCUT2D eigenvalue weighted by Crippen LogP contribution is -2.46. The Kier molecular flexibility index (Phi) is 1.92. The molecule has 0 bridgehead atoms. The highest BCUT2D eigenvalue weighted by Crippen LogP contribution is 2.11. The van der Waals surface area contributed by atoms with E-state index in [0.717, 1.165) is 0 Å². The van der Waals surface area contributed by atoms with Gasteiger partial charge in [-0.05, 0) is 0 Å². The van der Waals surface area contributed by atoms with Crippen molar-refractivity contribution in [3.05, 3.63) is 0 Å². The number of alkyl halides is 3. The van der Waals surface area contributed by atoms with Gasteiger partial charge in [0.15, 0.2) is 0 Å². The molecule has 2 nitrogen and oxygen atoms in total. The van der Waals surface area contributed by atoms with Gasteiger partial charge in [-0.1, -0.05) is 0 Å². The van der Waals surface area contributed by atoms with Gasteiger partial charge in [0.1, 0.15) is 0 Å². The maximum atomic E-state index is 12.0. The van der Waals surface area contributed by atoms with Crippen molar-refractivity contribution in [1.82, 2.24) is 5.32 Å². The summed E-state index contributed by atoms with van der Waals surface area (Å²) >= 11 is 0. The van der Waals surface area contributed by atoms with E-state index in [2.05, 4.69) is 4.74 Å². The summed E-state index contributed by atoms with van der Waals surface area (Å²) in [5, 5.41) is 1.94. The summed E-state index contributed by atoms with van der Waals surface area (Å²) in [6, 6.07) is 0. The summed E-state index contributed by atoms with van der Waals surface area (Å²) in [6.45, 7) is -0.290. The van der Waals surface area contributed by atoms with Crippen molar-refractivity contribution < 1.29 is 17.9 Å². The molecule has 0 amide bonds. The molecule has 1 aliphatic rings. The minimum absolute atomic E-state index is 0.290. The first kappa shape index (κ1) is 6.82. The second-order valence-corrected chi connectivity index (χ2v) is 1.71. The van der Waals surface area contributed by atoms with Crippen molar-refractivity contribution in [3.63, 3.8) is 0 Å². The molecule has 3 unspecified atom stereocenters. The van der Waals surface area contributed by atoms with E-state index in [0.29, 0.717) is 0 Å². The second-order valence-electron chi connectivity index (χ2n) is 1.71. The van der Waals surface area contributed by atoms with Crippen LogP contribution in [0.15, 0.2) is 0 Å². The molecule has 1 rings (SSSR count). The lowest BCUT2D eigenvalue weighted by molar-refractivity contribution is -0.198. The zero-order valence-electron chi connectivity index (χ0n) is 4.48. The molecule has 9 heavy (non-hydrogen) atoms. The van der Waals surface area contributed by atoms with Crippen LogP contribution in [0.2, 0.25) is 0 Å². The summed E-state index contributed by atoms with van der Waals surface area (Å²) in [6.07, 6.45) is -5.79. The molecular weight excluding hydrogens is 135 g/mol. The Balaban J connectivity index is 2.35. The SMILES string of the molecule is FC1CNC(F)C(F)O1. The highest BCUT2D eigenvalue weighted by molar-refractivity contribution is 4.65. The summed E-state index contributed by atoms with van der Waals surface area (Å²) in [5.41, 5.74) is 0. The van der Waals surface area contributed by atoms with Crippen molar-refractivity contribution >= 4 is 0 Å². The van der Waals surface area contributed by atoms with E-state index in [4.69, 9.17) is 0 Å². The van der Waals surface area contributed by atoms with Crippen LogP contribution in [0.1, 0.15) is 0 Å². The summed E-state index contributed by atoms with van der Waals surface area (Å²) in [7, 11) is 0. The third kappa shape index (κ3) is 1.56. The van der Waals surface area contributed by atoms with Crippen LogP contribution in [-0.2, 0) is 4.74 Å². The molecule has 0 aromatic heterocycles. The Morgan fingerprint density at radius 1 is 1.33 bits per heavy atom. The fourth-order valence-electron chi connectivity index (χ4n) is 0.556. The number of hydrogen-bond donors (Lipinski definition) is 1. The minimum Gasteiger partial charge on any atom is -0.309 e. The van der Waals surface area contributed by atoms with E-state index in [1.807, 2.05) is 5.32 Å². The minimum atomic E-state index is -2.17. The average Bonchev–Trinajstić information content (AvgIpc) is 1.80. The third-order valence-electron chi connectivity index (χ3n) is 0.981. The molecule has 0 radical (unpaired) electrons. The fourth-order valence-corrected chi connectivity index (χ4v) is 0.556. The Labute approximate surface area is 50.0 Å². The molecule has 0 aliphatic carbocycles. The second kappa shape index (κ2) is 2.53. The molecule has 5 heteroatoms. The Bertz CT molecular complexity index is 102. The Morgan fingerprint density at radius 3 is 2.44 bits per heavy atom. The fraction of sp³-hybridized carbons (Fsp3) is 1.00. The van der Waals surface area contributed by atoms with Crippen LogP contribution >= 0.6 is 0 Å². The van der Waals surface area contributed by atoms with Crippen molar-refractivity contribution in [2.24, 2.45) is 0 Å². The van der Waals surface area contributed by atoms with Crippen molar-refractivity contribution in [2.45, 2.75) is 19.0 Å². The lowest BCUT2D eigenvalue weighted by Gasteiger charge is -2.23. The highest BCUT2D eigenvalue weighted by atomic mass is 19.2. The van der Waals surface area contributed by atoms with Crippen molar-refractivity contribution in [2.75, 3.05) is 6.54 Å². The molecule has 1 heterocycles. The van der Waals surface area contributed by atoms with Crippen molar-refractivity contribution in [1.29, 1.82) is 0 Å². The summed E-state index contributed by atoms with van der Waals surface area (Å²) in [5.74, 6) is 0. The number of ether oxygens (including phenoxy) is 1. The largest absolute Gasteiger partial charge is 0.309 e. The van der Waals surface area contributed by atoms with Crippen LogP contribution in [0.4, 0.5) is 13.2 Å². The standard InChI is InChI=1S/C4H6F3NO/c5-2-1-8-3(6)4(7)9-2/h2-4,8H,1H2. The molecule has 1 N–H and O–H groups in total. The molecule has 0 saturated carbocycles. The van der Waals surface area contributed by atoms with Gasteiger partial charge >= 0.3 is 0 Å². The monoisotopic (exact) mass is 141 g/mol. The normalized spacial score (nSPS) is 45.0. The van der Waals surface area contributed by atoms with Gasteiger partial charge in [-0.15, -0.1) is 0 Å². The highest BCUT2D eigenvalue weighted by Gasteiger charge is 2.30. The number of nitrogens with one attached hydrogen (secondary N) is 1. The predicted molar refractivity (Wildman–Crippen MR) is 23.8 cm³/mol. The molecule has 0 spiro atoms. The van der Waals surface area contributed by atoms with Gasteiger partial charge in [0, 0.05) is 0 Å². The first-order valence-corrected chi connectivity index (χ1v) is 2.51. The van der Waals surface area contributed by atoms with Crippen LogP contribution in [0.25, 0.3) is 0 Å². The van der Waals surface area contributed by atoms with Crippen molar-refractivity contribution in [3.8, 4) is 0 Å². The predicted octanol–water partition coefficient (Wildman–Crippen LogP) is 0.493. The van der Waals surface area contributed by atoms with Gasteiger partial charge in [0.05, 0.1) is 6.54 Å². The molecule has 1 aliphatic heterocycles. The van der Waals surface area contributed by atoms with E-state index in [1.54, 1.807) is 0 Å². The van der Waals surface area contributed by atoms with Crippen LogP contribution in [0.3, 0.4) is 0 Å². The Hall–Kier alpha value is -0.290. The number of halogens is 3. The maximum Gasteiger partial charge on any atom is 0.246 e. The molecule has 0 aromatic rings. The Morgan fingerprint density at radius 2 is 2.00 bits per heavy atom. The van der Waals surface area contributed by atoms with E-state index in [1.165, 1.54) is 0 Å². The van der Waals surface area contributed by atoms with E-state index in [-0.39, 0.29) is 6.54 Å². The lowest BCUT2D eigenvalue weighted by atomic mass is 10.5. The molecule has 54 valence electrons. The van der Waals surface area contributed by atoms with Gasteiger partial charge in [0.25, 0.3) is 0 Å². The van der Waals surface area contributed by atoms with Gasteiger partial charge in [-0.3, -0.25) is 5.32 Å². The summed E-state index contributed by atoms with van der Waals surface area (Å²) in [4.78, 5) is 0. The smallest absolute Gasteiger partial charge is 0.246 e. The van der Waals surface area contributed by atoms with Crippen LogP contribution in [-0.4, -0.2) is 25.6 Å². The summed E-state index contributed by atoms with van der Waals surface area (Å²) < 4.78 is 39.6. The molecular formula is C4H6F3NO. The zero-order chi connectivity index (χ0) is 6.85. The quantitative estimate of drug-likeness (QED) is 0.496. The number of rotatable bonds is 0. The van der Waals surface area contributed by atoms with Gasteiger partial charge in [0.2, 0.25) is 19.0 Å². The molecule has 1 saturated heterocycles. The topological polar surface area (TPSA) is 21.3 Å². The van der Waals surface area contributed by atoms with Crippen LogP contribution < -0.4 is 5.32 Å². The number of hydrogen-bond acceptors (Lipinski definition) is 2. The molecule has 0 aromatic carbocycles. The zero-order valence-corrected chi connectivity index (χ0v) is 4.48. The van der Waals surface area contributed by atoms with E-state index < -0.39 is 19.0 Å². The van der Waals surface area contributed by atoms with Gasteiger partial charge in [-0.25, -0.2) is 13.2 Å². The third-order valence-corrected chi connectivity index (χ3v) is 0.981. The van der Waals surface area contributed by atoms with Gasteiger partial charge < -0.3 is 4.74 Å². The first-order chi connectivity index (χ1) is 4.20.